The van der Waals surface area contributed by atoms with Crippen LogP contribution < -0.4 is 5.32 Å². The van der Waals surface area contributed by atoms with Gasteiger partial charge in [-0.1, -0.05) is 0 Å². The number of nitrogens with zero attached hydrogens (tertiary/aromatic N) is 2. The first-order valence-corrected chi connectivity index (χ1v) is 6.31. The van der Waals surface area contributed by atoms with E-state index in [2.05, 4.69) is 36.1 Å². The topological polar surface area (TPSA) is 28.2 Å². The summed E-state index contributed by atoms with van der Waals surface area (Å²) in [7, 11) is 2.18. The Morgan fingerprint density at radius 3 is 2.87 bits per heavy atom. The van der Waals surface area contributed by atoms with E-state index in [1.54, 1.807) is 0 Å². The van der Waals surface area contributed by atoms with E-state index in [1.807, 2.05) is 11.3 Å². The zero-order chi connectivity index (χ0) is 10.8. The number of thiazole rings is 1. The number of nitrogens with one attached hydrogen (secondary N) is 1. The molecule has 0 saturated carbocycles. The Bertz CT molecular complexity index is 315. The molecule has 1 unspecified atom stereocenters. The van der Waals surface area contributed by atoms with Crippen LogP contribution in [-0.4, -0.2) is 36.1 Å². The minimum atomic E-state index is 0.652. The van der Waals surface area contributed by atoms with Gasteiger partial charge in [0, 0.05) is 24.0 Å². The molecule has 1 fully saturated rings. The van der Waals surface area contributed by atoms with Gasteiger partial charge in [0.1, 0.15) is 5.01 Å². The lowest BCUT2D eigenvalue weighted by Gasteiger charge is -2.11. The molecule has 1 N–H and O–H groups in total. The first kappa shape index (κ1) is 11.0. The molecule has 15 heavy (non-hydrogen) atoms. The number of aromatic nitrogens is 1. The molecular weight excluding hydrogens is 206 g/mol. The van der Waals surface area contributed by atoms with Gasteiger partial charge in [0.05, 0.1) is 5.69 Å². The van der Waals surface area contributed by atoms with Crippen molar-refractivity contribution in [1.82, 2.24) is 15.2 Å². The van der Waals surface area contributed by atoms with Crippen LogP contribution in [0, 0.1) is 13.8 Å². The summed E-state index contributed by atoms with van der Waals surface area (Å²) in [4.78, 5) is 8.25. The van der Waals surface area contributed by atoms with Crippen molar-refractivity contribution in [3.05, 3.63) is 15.6 Å². The van der Waals surface area contributed by atoms with Crippen LogP contribution in [0.1, 0.15) is 22.0 Å². The Kier molecular flexibility index (Phi) is 3.38. The van der Waals surface area contributed by atoms with E-state index < -0.39 is 0 Å². The number of hydrogen-bond acceptors (Lipinski definition) is 4. The molecule has 0 radical (unpaired) electrons. The molecule has 3 nitrogen and oxygen atoms in total. The Hall–Kier alpha value is -0.450. The van der Waals surface area contributed by atoms with E-state index in [1.165, 1.54) is 35.1 Å². The molecule has 1 atom stereocenters. The summed E-state index contributed by atoms with van der Waals surface area (Å²) in [6.07, 6.45) is 1.26. The van der Waals surface area contributed by atoms with E-state index in [-0.39, 0.29) is 0 Å². The normalized spacial score (nSPS) is 22.5. The highest BCUT2D eigenvalue weighted by molar-refractivity contribution is 7.11. The third-order valence-corrected chi connectivity index (χ3v) is 4.08. The van der Waals surface area contributed by atoms with Crippen molar-refractivity contribution >= 4 is 11.3 Å². The molecule has 4 heteroatoms. The van der Waals surface area contributed by atoms with Crippen LogP contribution in [0.5, 0.6) is 0 Å². The first-order valence-electron chi connectivity index (χ1n) is 5.50. The van der Waals surface area contributed by atoms with Crippen LogP contribution in [0.3, 0.4) is 0 Å². The maximum absolute atomic E-state index is 4.53. The van der Waals surface area contributed by atoms with Gasteiger partial charge < -0.3 is 10.2 Å². The SMILES string of the molecule is Cc1nc(CNC2CCN(C)C2)sc1C. The van der Waals surface area contributed by atoms with Crippen molar-refractivity contribution in [3.8, 4) is 0 Å². The molecule has 0 spiro atoms. The molecule has 0 aliphatic carbocycles. The third-order valence-electron chi connectivity index (χ3n) is 3.01. The van der Waals surface area contributed by atoms with Crippen LogP contribution in [0.15, 0.2) is 0 Å². The van der Waals surface area contributed by atoms with Crippen LogP contribution in [0.2, 0.25) is 0 Å². The molecule has 2 heterocycles. The number of rotatable bonds is 3. The Morgan fingerprint density at radius 1 is 1.53 bits per heavy atom. The van der Waals surface area contributed by atoms with Crippen molar-refractivity contribution in [3.63, 3.8) is 0 Å². The Labute approximate surface area is 95.5 Å². The van der Waals surface area contributed by atoms with Gasteiger partial charge >= 0.3 is 0 Å². The molecule has 1 aromatic heterocycles. The Balaban J connectivity index is 1.83. The lowest BCUT2D eigenvalue weighted by atomic mass is 10.3. The predicted molar refractivity (Wildman–Crippen MR) is 64.3 cm³/mol. The molecule has 2 rings (SSSR count). The van der Waals surface area contributed by atoms with Crippen LogP contribution in [0.4, 0.5) is 0 Å². The van der Waals surface area contributed by atoms with Crippen molar-refractivity contribution in [2.75, 3.05) is 20.1 Å². The monoisotopic (exact) mass is 225 g/mol. The van der Waals surface area contributed by atoms with Crippen LogP contribution >= 0.6 is 11.3 Å². The fourth-order valence-corrected chi connectivity index (χ4v) is 2.83. The molecule has 0 amide bonds. The van der Waals surface area contributed by atoms with Crippen molar-refractivity contribution in [2.45, 2.75) is 32.9 Å². The van der Waals surface area contributed by atoms with E-state index in [4.69, 9.17) is 0 Å². The van der Waals surface area contributed by atoms with Gasteiger partial charge in [0.25, 0.3) is 0 Å². The van der Waals surface area contributed by atoms with E-state index >= 15 is 0 Å². The van der Waals surface area contributed by atoms with Crippen LogP contribution in [-0.2, 0) is 6.54 Å². The van der Waals surface area contributed by atoms with Crippen molar-refractivity contribution < 1.29 is 0 Å². The number of hydrogen-bond donors (Lipinski definition) is 1. The van der Waals surface area contributed by atoms with Gasteiger partial charge in [-0.25, -0.2) is 4.98 Å². The van der Waals surface area contributed by atoms with Gasteiger partial charge in [-0.2, -0.15) is 0 Å². The zero-order valence-corrected chi connectivity index (χ0v) is 10.5. The summed E-state index contributed by atoms with van der Waals surface area (Å²) in [6, 6.07) is 0.652. The summed E-state index contributed by atoms with van der Waals surface area (Å²) < 4.78 is 0. The molecule has 1 aromatic rings. The van der Waals surface area contributed by atoms with Gasteiger partial charge in [0.2, 0.25) is 0 Å². The summed E-state index contributed by atoms with van der Waals surface area (Å²) >= 11 is 1.81. The minimum Gasteiger partial charge on any atom is -0.306 e. The molecule has 1 aliphatic heterocycles. The average molecular weight is 225 g/mol. The fraction of sp³-hybridized carbons (Fsp3) is 0.727. The Morgan fingerprint density at radius 2 is 2.33 bits per heavy atom. The largest absolute Gasteiger partial charge is 0.306 e. The molecule has 0 aromatic carbocycles. The summed E-state index contributed by atoms with van der Waals surface area (Å²) in [5, 5.41) is 4.80. The summed E-state index contributed by atoms with van der Waals surface area (Å²) in [5.74, 6) is 0. The number of likely N-dealkylation sites (tertiary alicyclic amines) is 1. The van der Waals surface area contributed by atoms with E-state index in [0.717, 1.165) is 6.54 Å². The minimum absolute atomic E-state index is 0.652. The third kappa shape index (κ3) is 2.77. The van der Waals surface area contributed by atoms with Gasteiger partial charge in [0.15, 0.2) is 0 Å². The summed E-state index contributed by atoms with van der Waals surface area (Å²) in [5.41, 5.74) is 1.18. The standard InChI is InChI=1S/C11H19N3S/c1-8-9(2)15-11(13-8)6-12-10-4-5-14(3)7-10/h10,12H,4-7H2,1-3H3. The van der Waals surface area contributed by atoms with Crippen LogP contribution in [0.25, 0.3) is 0 Å². The molecule has 0 bridgehead atoms. The first-order chi connectivity index (χ1) is 7.15. The molecule has 1 saturated heterocycles. The highest BCUT2D eigenvalue weighted by Crippen LogP contribution is 2.16. The van der Waals surface area contributed by atoms with Crippen molar-refractivity contribution in [1.29, 1.82) is 0 Å². The fourth-order valence-electron chi connectivity index (χ4n) is 1.95. The molecular formula is C11H19N3S. The predicted octanol–water partition coefficient (Wildman–Crippen LogP) is 1.55. The zero-order valence-electron chi connectivity index (χ0n) is 9.71. The average Bonchev–Trinajstić information content (AvgIpc) is 2.72. The number of aryl methyl sites for hydroxylation is 2. The van der Waals surface area contributed by atoms with E-state index in [0.29, 0.717) is 6.04 Å². The second-order valence-corrected chi connectivity index (χ2v) is 5.67. The molecule has 84 valence electrons. The lowest BCUT2D eigenvalue weighted by Crippen LogP contribution is -2.30. The van der Waals surface area contributed by atoms with Crippen molar-refractivity contribution in [2.24, 2.45) is 0 Å². The number of likely N-dealkylation sites (N-methyl/N-ethyl adjacent to an activating group) is 1. The van der Waals surface area contributed by atoms with E-state index in [9.17, 15) is 0 Å². The second kappa shape index (κ2) is 4.60. The lowest BCUT2D eigenvalue weighted by molar-refractivity contribution is 0.397. The smallest absolute Gasteiger partial charge is 0.107 e. The van der Waals surface area contributed by atoms with Gasteiger partial charge in [-0.3, -0.25) is 0 Å². The second-order valence-electron chi connectivity index (χ2n) is 4.38. The highest BCUT2D eigenvalue weighted by Gasteiger charge is 2.18. The van der Waals surface area contributed by atoms with Gasteiger partial charge in [-0.05, 0) is 33.9 Å². The highest BCUT2D eigenvalue weighted by atomic mass is 32.1. The molecule has 1 aliphatic rings. The quantitative estimate of drug-likeness (QED) is 0.846. The maximum Gasteiger partial charge on any atom is 0.107 e. The maximum atomic E-state index is 4.53. The summed E-state index contributed by atoms with van der Waals surface area (Å²) in [6.45, 7) is 7.54. The van der Waals surface area contributed by atoms with Gasteiger partial charge in [-0.15, -0.1) is 11.3 Å².